The maximum atomic E-state index is 12.9. The molecule has 3 heterocycles. The van der Waals surface area contributed by atoms with Crippen molar-refractivity contribution in [3.63, 3.8) is 0 Å². The molecule has 9 nitrogen and oxygen atoms in total. The molecule has 9 heteroatoms. The number of methoxy groups -OCH3 is 1. The van der Waals surface area contributed by atoms with Crippen LogP contribution >= 0.6 is 0 Å². The summed E-state index contributed by atoms with van der Waals surface area (Å²) in [6.07, 6.45) is 4.82. The van der Waals surface area contributed by atoms with Crippen LogP contribution in [0.1, 0.15) is 23.8 Å². The second-order valence-corrected chi connectivity index (χ2v) is 8.24. The number of carbonyl (C=O) groups is 1. The van der Waals surface area contributed by atoms with Crippen molar-refractivity contribution in [3.05, 3.63) is 48.1 Å². The number of ether oxygens (including phenoxy) is 1. The number of aromatic nitrogens is 4. The van der Waals surface area contributed by atoms with Crippen molar-refractivity contribution in [2.45, 2.75) is 18.9 Å². The van der Waals surface area contributed by atoms with Crippen molar-refractivity contribution in [2.24, 2.45) is 13.0 Å². The van der Waals surface area contributed by atoms with E-state index in [0.29, 0.717) is 24.2 Å². The zero-order valence-corrected chi connectivity index (χ0v) is 17.8. The lowest BCUT2D eigenvalue weighted by molar-refractivity contribution is -0.134. The van der Waals surface area contributed by atoms with Gasteiger partial charge in [-0.15, -0.1) is 0 Å². The van der Waals surface area contributed by atoms with E-state index in [1.54, 1.807) is 11.8 Å². The highest BCUT2D eigenvalue weighted by Gasteiger charge is 2.46. The van der Waals surface area contributed by atoms with Gasteiger partial charge in [-0.05, 0) is 42.2 Å². The highest BCUT2D eigenvalue weighted by atomic mass is 16.5. The Balaban J connectivity index is 1.12. The van der Waals surface area contributed by atoms with Crippen LogP contribution in [0.5, 0.6) is 5.75 Å². The lowest BCUT2D eigenvalue weighted by Gasteiger charge is -2.34. The van der Waals surface area contributed by atoms with Crippen LogP contribution in [-0.2, 0) is 18.4 Å². The van der Waals surface area contributed by atoms with Crippen molar-refractivity contribution in [1.82, 2.24) is 29.7 Å². The van der Waals surface area contributed by atoms with Gasteiger partial charge in [-0.25, -0.2) is 0 Å². The van der Waals surface area contributed by atoms with Crippen molar-refractivity contribution < 1.29 is 14.1 Å². The number of hydrogen-bond donors (Lipinski definition) is 0. The molecule has 2 fully saturated rings. The zero-order chi connectivity index (χ0) is 21.4. The van der Waals surface area contributed by atoms with Crippen LogP contribution in [0.15, 0.2) is 41.2 Å². The monoisotopic (exact) mass is 422 g/mol. The lowest BCUT2D eigenvalue weighted by atomic mass is 10.1. The number of benzene rings is 1. The average molecular weight is 422 g/mol. The van der Waals surface area contributed by atoms with Gasteiger partial charge in [0.15, 0.2) is 0 Å². The summed E-state index contributed by atoms with van der Waals surface area (Å²) >= 11 is 0. The number of carbonyl (C=O) groups excluding carboxylic acids is 1. The molecule has 0 spiro atoms. The molecular formula is C22H26N6O3. The molecule has 162 valence electrons. The van der Waals surface area contributed by atoms with Crippen LogP contribution in [0.2, 0.25) is 0 Å². The number of hydrogen-bond acceptors (Lipinski definition) is 7. The minimum absolute atomic E-state index is 0.110. The van der Waals surface area contributed by atoms with Gasteiger partial charge >= 0.3 is 0 Å². The number of aryl methyl sites for hydroxylation is 1. The summed E-state index contributed by atoms with van der Waals surface area (Å²) in [4.78, 5) is 21.6. The Labute approximate surface area is 180 Å². The molecule has 2 aromatic heterocycles. The van der Waals surface area contributed by atoms with Crippen molar-refractivity contribution in [2.75, 3.05) is 33.3 Å². The van der Waals surface area contributed by atoms with Crippen LogP contribution in [0.4, 0.5) is 0 Å². The topological polar surface area (TPSA) is 89.5 Å². The van der Waals surface area contributed by atoms with E-state index in [9.17, 15) is 4.79 Å². The van der Waals surface area contributed by atoms with Gasteiger partial charge in [0.25, 0.3) is 0 Å². The van der Waals surface area contributed by atoms with Gasteiger partial charge < -0.3 is 14.2 Å². The van der Waals surface area contributed by atoms with E-state index in [4.69, 9.17) is 9.26 Å². The minimum Gasteiger partial charge on any atom is -0.497 e. The summed E-state index contributed by atoms with van der Waals surface area (Å²) in [5.41, 5.74) is 2.06. The number of nitrogens with zero attached hydrogens (tertiary/aromatic N) is 6. The summed E-state index contributed by atoms with van der Waals surface area (Å²) in [6.45, 7) is 3.66. The Hall–Kier alpha value is -3.20. The third-order valence-electron chi connectivity index (χ3n) is 6.12. The molecule has 1 saturated carbocycles. The Morgan fingerprint density at radius 2 is 1.97 bits per heavy atom. The van der Waals surface area contributed by atoms with E-state index in [0.717, 1.165) is 43.9 Å². The highest BCUT2D eigenvalue weighted by Crippen LogP contribution is 2.48. The molecule has 2 unspecified atom stereocenters. The van der Waals surface area contributed by atoms with E-state index in [-0.39, 0.29) is 11.8 Å². The normalized spacial score (nSPS) is 21.3. The van der Waals surface area contributed by atoms with Gasteiger partial charge in [-0.1, -0.05) is 5.16 Å². The van der Waals surface area contributed by atoms with E-state index in [1.807, 2.05) is 48.6 Å². The third kappa shape index (κ3) is 4.18. The first kappa shape index (κ1) is 19.7. The molecule has 0 bridgehead atoms. The Morgan fingerprint density at radius 1 is 1.19 bits per heavy atom. The molecule has 2 atom stereocenters. The van der Waals surface area contributed by atoms with E-state index < -0.39 is 0 Å². The Bertz CT molecular complexity index is 1050. The Kier molecular flexibility index (Phi) is 5.19. The maximum absolute atomic E-state index is 12.9. The molecule has 1 aliphatic carbocycles. The van der Waals surface area contributed by atoms with E-state index >= 15 is 0 Å². The SMILES string of the molecule is COc1ccc(-c2noc(CN3CCN(C(=O)C4CC4c4cnn(C)c4)CC3)n2)cc1. The van der Waals surface area contributed by atoms with E-state index in [1.165, 1.54) is 5.56 Å². The fraction of sp³-hybridized carbons (Fsp3) is 0.455. The van der Waals surface area contributed by atoms with Gasteiger partial charge in [0.2, 0.25) is 17.6 Å². The maximum Gasteiger partial charge on any atom is 0.241 e. The van der Waals surface area contributed by atoms with Crippen molar-refractivity contribution >= 4 is 5.91 Å². The van der Waals surface area contributed by atoms with Crippen LogP contribution in [0.3, 0.4) is 0 Å². The van der Waals surface area contributed by atoms with Crippen LogP contribution in [0, 0.1) is 5.92 Å². The molecule has 2 aliphatic rings. The van der Waals surface area contributed by atoms with Gasteiger partial charge in [0.05, 0.1) is 19.9 Å². The van der Waals surface area contributed by atoms with Crippen molar-refractivity contribution in [1.29, 1.82) is 0 Å². The predicted octanol–water partition coefficient (Wildman–Crippen LogP) is 1.93. The molecule has 31 heavy (non-hydrogen) atoms. The number of amides is 1. The Morgan fingerprint density at radius 3 is 2.65 bits per heavy atom. The van der Waals surface area contributed by atoms with Crippen LogP contribution < -0.4 is 4.74 Å². The molecule has 1 aliphatic heterocycles. The highest BCUT2D eigenvalue weighted by molar-refractivity contribution is 5.83. The summed E-state index contributed by atoms with van der Waals surface area (Å²) < 4.78 is 12.4. The lowest BCUT2D eigenvalue weighted by Crippen LogP contribution is -2.48. The first-order chi connectivity index (χ1) is 15.1. The zero-order valence-electron chi connectivity index (χ0n) is 17.8. The number of rotatable bonds is 6. The van der Waals surface area contributed by atoms with Crippen LogP contribution in [-0.4, -0.2) is 68.9 Å². The average Bonchev–Trinajstić information content (AvgIpc) is 3.26. The first-order valence-electron chi connectivity index (χ1n) is 10.6. The summed E-state index contributed by atoms with van der Waals surface area (Å²) in [6, 6.07) is 7.57. The quantitative estimate of drug-likeness (QED) is 0.600. The predicted molar refractivity (Wildman–Crippen MR) is 112 cm³/mol. The fourth-order valence-electron chi connectivity index (χ4n) is 4.20. The second kappa shape index (κ2) is 8.14. The summed E-state index contributed by atoms with van der Waals surface area (Å²) in [7, 11) is 3.55. The molecule has 5 rings (SSSR count). The van der Waals surface area contributed by atoms with Gasteiger partial charge in [0, 0.05) is 50.9 Å². The molecular weight excluding hydrogens is 396 g/mol. The van der Waals surface area contributed by atoms with Gasteiger partial charge in [-0.2, -0.15) is 10.1 Å². The molecule has 1 aromatic carbocycles. The molecule has 1 amide bonds. The molecule has 0 N–H and O–H groups in total. The first-order valence-corrected chi connectivity index (χ1v) is 10.6. The largest absolute Gasteiger partial charge is 0.497 e. The van der Waals surface area contributed by atoms with Gasteiger partial charge in [-0.3, -0.25) is 14.4 Å². The molecule has 0 radical (unpaired) electrons. The second-order valence-electron chi connectivity index (χ2n) is 8.24. The van der Waals surface area contributed by atoms with Gasteiger partial charge in [0.1, 0.15) is 5.75 Å². The summed E-state index contributed by atoms with van der Waals surface area (Å²) in [5.74, 6) is 2.66. The fourth-order valence-corrected chi connectivity index (χ4v) is 4.20. The smallest absolute Gasteiger partial charge is 0.241 e. The standard InChI is InChI=1S/C22H26N6O3/c1-26-13-16(12-23-26)18-11-19(18)22(29)28-9-7-27(8-10-28)14-20-24-21(25-31-20)15-3-5-17(30-2)6-4-15/h3-6,12-13,18-19H,7-11,14H2,1-2H3. The third-order valence-corrected chi connectivity index (χ3v) is 6.12. The van der Waals surface area contributed by atoms with Crippen molar-refractivity contribution in [3.8, 4) is 17.1 Å². The molecule has 3 aromatic rings. The summed E-state index contributed by atoms with van der Waals surface area (Å²) in [5, 5.41) is 8.32. The van der Waals surface area contributed by atoms with Crippen LogP contribution in [0.25, 0.3) is 11.4 Å². The minimum atomic E-state index is 0.110. The molecule has 1 saturated heterocycles. The van der Waals surface area contributed by atoms with E-state index in [2.05, 4.69) is 20.1 Å². The number of piperazine rings is 1.